The lowest BCUT2D eigenvalue weighted by molar-refractivity contribution is -0.153. The van der Waals surface area contributed by atoms with Crippen molar-refractivity contribution >= 4 is 11.7 Å². The summed E-state index contributed by atoms with van der Waals surface area (Å²) in [5.74, 6) is -0.994. The Kier molecular flexibility index (Phi) is 4.73. The molecular formula is C15H13F3N2O3. The normalized spacial score (nSPS) is 11.1. The number of carbonyl (C=O) groups excluding carboxylic acids is 1. The Morgan fingerprint density at radius 2 is 2.04 bits per heavy atom. The number of anilines is 1. The number of nitrogens with zero attached hydrogens (tertiary/aromatic N) is 1. The molecule has 0 aliphatic heterocycles. The Morgan fingerprint density at radius 3 is 2.65 bits per heavy atom. The molecule has 0 saturated heterocycles. The summed E-state index contributed by atoms with van der Waals surface area (Å²) in [5.41, 5.74) is 0.854. The Bertz CT molecular complexity index is 700. The maximum atomic E-state index is 12.1. The monoisotopic (exact) mass is 326 g/mol. The molecule has 0 atom stereocenters. The number of pyridine rings is 1. The van der Waals surface area contributed by atoms with Crippen molar-refractivity contribution in [2.24, 2.45) is 0 Å². The van der Waals surface area contributed by atoms with Crippen molar-refractivity contribution in [3.8, 4) is 11.5 Å². The van der Waals surface area contributed by atoms with E-state index >= 15 is 0 Å². The van der Waals surface area contributed by atoms with E-state index in [0.717, 1.165) is 23.8 Å². The van der Waals surface area contributed by atoms with Gasteiger partial charge in [-0.25, -0.2) is 4.98 Å². The second kappa shape index (κ2) is 6.55. The molecule has 0 aliphatic carbocycles. The predicted octanol–water partition coefficient (Wildman–Crippen LogP) is 3.29. The van der Waals surface area contributed by atoms with Crippen LogP contribution in [0.5, 0.6) is 11.5 Å². The second-order valence-corrected chi connectivity index (χ2v) is 4.79. The van der Waals surface area contributed by atoms with Gasteiger partial charge >= 0.3 is 6.18 Å². The SMILES string of the molecule is Cc1ccc(NC(=O)c2cc(O)cc(OCC(F)(F)F)c2)nc1. The van der Waals surface area contributed by atoms with Crippen molar-refractivity contribution < 1.29 is 27.8 Å². The number of aromatic nitrogens is 1. The van der Waals surface area contributed by atoms with Crippen LogP contribution in [0, 0.1) is 6.92 Å². The van der Waals surface area contributed by atoms with Crippen LogP contribution in [-0.4, -0.2) is 28.8 Å². The number of ether oxygens (including phenoxy) is 1. The van der Waals surface area contributed by atoms with Crippen molar-refractivity contribution in [3.05, 3.63) is 47.7 Å². The number of carbonyl (C=O) groups is 1. The molecule has 1 amide bonds. The molecule has 2 rings (SSSR count). The molecule has 23 heavy (non-hydrogen) atoms. The van der Waals surface area contributed by atoms with Crippen molar-refractivity contribution in [2.45, 2.75) is 13.1 Å². The fourth-order valence-electron chi connectivity index (χ4n) is 1.69. The Labute approximate surface area is 129 Å². The van der Waals surface area contributed by atoms with Gasteiger partial charge in [0.25, 0.3) is 5.91 Å². The fraction of sp³-hybridized carbons (Fsp3) is 0.200. The Morgan fingerprint density at radius 1 is 1.30 bits per heavy atom. The first kappa shape index (κ1) is 16.6. The van der Waals surface area contributed by atoms with Crippen LogP contribution in [0.15, 0.2) is 36.5 Å². The number of hydrogen-bond donors (Lipinski definition) is 2. The molecule has 0 unspecified atom stereocenters. The van der Waals surface area contributed by atoms with E-state index in [2.05, 4.69) is 15.0 Å². The first-order chi connectivity index (χ1) is 10.7. The summed E-state index contributed by atoms with van der Waals surface area (Å²) < 4.78 is 41.0. The van der Waals surface area contributed by atoms with Crippen LogP contribution >= 0.6 is 0 Å². The van der Waals surface area contributed by atoms with Crippen molar-refractivity contribution in [1.29, 1.82) is 0 Å². The van der Waals surface area contributed by atoms with Gasteiger partial charge in [-0.1, -0.05) is 6.07 Å². The highest BCUT2D eigenvalue weighted by molar-refractivity contribution is 6.04. The summed E-state index contributed by atoms with van der Waals surface area (Å²) in [6, 6.07) is 6.53. The molecule has 2 N–H and O–H groups in total. The largest absolute Gasteiger partial charge is 0.508 e. The summed E-state index contributed by atoms with van der Waals surface area (Å²) >= 11 is 0. The fourth-order valence-corrected chi connectivity index (χ4v) is 1.69. The number of aryl methyl sites for hydroxylation is 1. The number of phenols is 1. The number of hydrogen-bond acceptors (Lipinski definition) is 4. The van der Waals surface area contributed by atoms with Gasteiger partial charge in [0, 0.05) is 17.8 Å². The lowest BCUT2D eigenvalue weighted by Crippen LogP contribution is -2.19. The van der Waals surface area contributed by atoms with Crippen molar-refractivity contribution in [3.63, 3.8) is 0 Å². The molecule has 0 aliphatic rings. The Balaban J connectivity index is 2.13. The third kappa shape index (κ3) is 5.17. The molecule has 8 heteroatoms. The minimum Gasteiger partial charge on any atom is -0.508 e. The van der Waals surface area contributed by atoms with Gasteiger partial charge in [-0.05, 0) is 30.7 Å². The van der Waals surface area contributed by atoms with Gasteiger partial charge in [0.15, 0.2) is 6.61 Å². The molecule has 0 bridgehead atoms. The minimum absolute atomic E-state index is 0.0513. The predicted molar refractivity (Wildman–Crippen MR) is 76.6 cm³/mol. The molecule has 122 valence electrons. The van der Waals surface area contributed by atoms with Crippen LogP contribution in [0.4, 0.5) is 19.0 Å². The van der Waals surface area contributed by atoms with Crippen LogP contribution in [0.2, 0.25) is 0 Å². The van der Waals surface area contributed by atoms with Crippen molar-refractivity contribution in [1.82, 2.24) is 4.98 Å². The standard InChI is InChI=1S/C15H13F3N2O3/c1-9-2-3-13(19-7-9)20-14(22)10-4-11(21)6-12(5-10)23-8-15(16,17)18/h2-7,21H,8H2,1H3,(H,19,20,22). The zero-order valence-corrected chi connectivity index (χ0v) is 12.0. The molecule has 0 radical (unpaired) electrons. The summed E-state index contributed by atoms with van der Waals surface area (Å²) in [5, 5.41) is 12.0. The topological polar surface area (TPSA) is 71.5 Å². The molecule has 5 nitrogen and oxygen atoms in total. The number of benzene rings is 1. The molecular weight excluding hydrogens is 313 g/mol. The molecule has 1 aromatic heterocycles. The van der Waals surface area contributed by atoms with E-state index in [0.29, 0.717) is 0 Å². The maximum absolute atomic E-state index is 12.1. The summed E-state index contributed by atoms with van der Waals surface area (Å²) in [6.07, 6.45) is -2.96. The highest BCUT2D eigenvalue weighted by atomic mass is 19.4. The number of alkyl halides is 3. The van der Waals surface area contributed by atoms with Gasteiger partial charge in [0.1, 0.15) is 17.3 Å². The molecule has 2 aromatic rings. The smallest absolute Gasteiger partial charge is 0.422 e. The van der Waals surface area contributed by atoms with E-state index < -0.39 is 18.7 Å². The number of aromatic hydroxyl groups is 1. The molecule has 1 aromatic carbocycles. The zero-order chi connectivity index (χ0) is 17.0. The quantitative estimate of drug-likeness (QED) is 0.904. The van der Waals surface area contributed by atoms with E-state index in [1.165, 1.54) is 0 Å². The maximum Gasteiger partial charge on any atom is 0.422 e. The number of phenolic OH excluding ortho intramolecular Hbond substituents is 1. The van der Waals surface area contributed by atoms with Gasteiger partial charge in [-0.2, -0.15) is 13.2 Å². The van der Waals surface area contributed by atoms with Gasteiger partial charge in [-0.3, -0.25) is 4.79 Å². The van der Waals surface area contributed by atoms with E-state index in [9.17, 15) is 23.1 Å². The average Bonchev–Trinajstić information content (AvgIpc) is 2.46. The average molecular weight is 326 g/mol. The third-order valence-electron chi connectivity index (χ3n) is 2.71. The lowest BCUT2D eigenvalue weighted by Gasteiger charge is -2.11. The van der Waals surface area contributed by atoms with Crippen LogP contribution in [0.3, 0.4) is 0 Å². The second-order valence-electron chi connectivity index (χ2n) is 4.79. The summed E-state index contributed by atoms with van der Waals surface area (Å²) in [6.45, 7) is 0.315. The number of amides is 1. The van der Waals surface area contributed by atoms with Gasteiger partial charge < -0.3 is 15.2 Å². The first-order valence-electron chi connectivity index (χ1n) is 6.50. The van der Waals surface area contributed by atoms with E-state index in [4.69, 9.17) is 0 Å². The van der Waals surface area contributed by atoms with Crippen LogP contribution < -0.4 is 10.1 Å². The van der Waals surface area contributed by atoms with E-state index in [1.807, 2.05) is 6.92 Å². The number of halogens is 3. The lowest BCUT2D eigenvalue weighted by atomic mass is 10.2. The zero-order valence-electron chi connectivity index (χ0n) is 12.0. The first-order valence-corrected chi connectivity index (χ1v) is 6.50. The van der Waals surface area contributed by atoms with Gasteiger partial charge in [0.05, 0.1) is 0 Å². The molecule has 0 spiro atoms. The summed E-state index contributed by atoms with van der Waals surface area (Å²) in [7, 11) is 0. The highest BCUT2D eigenvalue weighted by Gasteiger charge is 2.28. The van der Waals surface area contributed by atoms with Crippen LogP contribution in [0.25, 0.3) is 0 Å². The number of rotatable bonds is 4. The summed E-state index contributed by atoms with van der Waals surface area (Å²) in [4.78, 5) is 16.0. The van der Waals surface area contributed by atoms with E-state index in [1.54, 1.807) is 18.3 Å². The Hall–Kier alpha value is -2.77. The van der Waals surface area contributed by atoms with E-state index in [-0.39, 0.29) is 22.9 Å². The highest BCUT2D eigenvalue weighted by Crippen LogP contribution is 2.24. The molecule has 0 saturated carbocycles. The number of nitrogens with one attached hydrogen (secondary N) is 1. The van der Waals surface area contributed by atoms with Gasteiger partial charge in [0.2, 0.25) is 0 Å². The molecule has 1 heterocycles. The molecule has 0 fully saturated rings. The third-order valence-corrected chi connectivity index (χ3v) is 2.71. The van der Waals surface area contributed by atoms with Gasteiger partial charge in [-0.15, -0.1) is 0 Å². The van der Waals surface area contributed by atoms with Crippen LogP contribution in [-0.2, 0) is 0 Å². The van der Waals surface area contributed by atoms with Crippen LogP contribution in [0.1, 0.15) is 15.9 Å². The minimum atomic E-state index is -4.51. The van der Waals surface area contributed by atoms with Crippen molar-refractivity contribution in [2.75, 3.05) is 11.9 Å².